The van der Waals surface area contributed by atoms with Crippen LogP contribution in [0.1, 0.15) is 42.7 Å². The minimum Gasteiger partial charge on any atom is -0.481 e. The van der Waals surface area contributed by atoms with Crippen LogP contribution in [0.4, 0.5) is 4.79 Å². The zero-order valence-corrected chi connectivity index (χ0v) is 23.3. The van der Waals surface area contributed by atoms with Gasteiger partial charge in [-0.3, -0.25) is 14.4 Å². The van der Waals surface area contributed by atoms with E-state index in [0.717, 1.165) is 5.56 Å². The molecule has 0 unspecified atom stereocenters. The highest BCUT2D eigenvalue weighted by Crippen LogP contribution is 2.21. The third-order valence-corrected chi connectivity index (χ3v) is 6.17. The van der Waals surface area contributed by atoms with E-state index in [9.17, 15) is 29.1 Å². The molecule has 0 spiro atoms. The smallest absolute Gasteiger partial charge is 0.409 e. The van der Waals surface area contributed by atoms with E-state index in [1.165, 1.54) is 20.5 Å². The topological polar surface area (TPSA) is 170 Å². The number of amides is 3. The molecule has 0 bridgehead atoms. The molecule has 1 saturated heterocycles. The summed E-state index contributed by atoms with van der Waals surface area (Å²) in [6.45, 7) is 6.13. The van der Waals surface area contributed by atoms with Crippen molar-refractivity contribution >= 4 is 29.8 Å². The summed E-state index contributed by atoms with van der Waals surface area (Å²) in [5.74, 6) is -2.83. The van der Waals surface area contributed by atoms with Gasteiger partial charge in [0, 0.05) is 38.7 Å². The van der Waals surface area contributed by atoms with Crippen molar-refractivity contribution in [3.05, 3.63) is 41.6 Å². The number of benzene rings is 1. The molecule has 0 aliphatic carbocycles. The van der Waals surface area contributed by atoms with Crippen LogP contribution in [0.2, 0.25) is 0 Å². The lowest BCUT2D eigenvalue weighted by atomic mass is 10.1. The fourth-order valence-corrected chi connectivity index (χ4v) is 4.16. The average Bonchev–Trinajstić information content (AvgIpc) is 3.38. The Bertz CT molecular complexity index is 1250. The summed E-state index contributed by atoms with van der Waals surface area (Å²) in [5, 5.41) is 16.2. The molecule has 1 aliphatic heterocycles. The van der Waals surface area contributed by atoms with Crippen LogP contribution >= 0.6 is 0 Å². The van der Waals surface area contributed by atoms with E-state index in [4.69, 9.17) is 14.2 Å². The number of carbonyl (C=O) groups excluding carboxylic acids is 4. The second-order valence-corrected chi connectivity index (χ2v) is 9.18. The van der Waals surface area contributed by atoms with Gasteiger partial charge in [-0.05, 0) is 44.9 Å². The third kappa shape index (κ3) is 8.68. The highest BCUT2D eigenvalue weighted by molar-refractivity contribution is 5.96. The first-order valence-corrected chi connectivity index (χ1v) is 13.3. The summed E-state index contributed by atoms with van der Waals surface area (Å²) in [4.78, 5) is 64.7. The van der Waals surface area contributed by atoms with E-state index in [1.807, 2.05) is 13.0 Å². The Morgan fingerprint density at radius 2 is 1.68 bits per heavy atom. The minimum atomic E-state index is -1.15. The number of esters is 1. The van der Waals surface area contributed by atoms with E-state index in [0.29, 0.717) is 5.69 Å². The number of ether oxygens (including phenoxy) is 3. The van der Waals surface area contributed by atoms with Crippen LogP contribution < -0.4 is 10.1 Å². The summed E-state index contributed by atoms with van der Waals surface area (Å²) in [6, 6.07) is 7.40. The molecule has 1 aromatic heterocycles. The number of nitrogens with one attached hydrogen (secondary N) is 1. The molecule has 1 atom stereocenters. The number of rotatable bonds is 12. The molecule has 1 fully saturated rings. The second-order valence-electron chi connectivity index (χ2n) is 9.18. The molecule has 222 valence electrons. The lowest BCUT2D eigenvalue weighted by molar-refractivity contribution is -0.145. The number of aromatic nitrogens is 2. The van der Waals surface area contributed by atoms with Gasteiger partial charge in [-0.1, -0.05) is 12.1 Å². The van der Waals surface area contributed by atoms with Crippen LogP contribution in [0, 0.1) is 6.92 Å². The van der Waals surface area contributed by atoms with Crippen molar-refractivity contribution in [1.29, 1.82) is 0 Å². The van der Waals surface area contributed by atoms with E-state index >= 15 is 0 Å². The molecule has 0 saturated carbocycles. The SMILES string of the molecule is CCOC(=O)COc1cc(C(=O)N[C@@H](CCC(=O)O)C(=O)N2CCN(C(=O)OCC)CC2)nn1-c1cccc(C)c1. The first kappa shape index (κ1) is 30.9. The highest BCUT2D eigenvalue weighted by Gasteiger charge is 2.31. The molecule has 41 heavy (non-hydrogen) atoms. The van der Waals surface area contributed by atoms with Crippen molar-refractivity contribution in [1.82, 2.24) is 24.9 Å². The van der Waals surface area contributed by atoms with Gasteiger partial charge in [0.05, 0.1) is 18.9 Å². The Balaban J connectivity index is 1.79. The number of hydrogen-bond acceptors (Lipinski definition) is 9. The van der Waals surface area contributed by atoms with Crippen molar-refractivity contribution in [3.63, 3.8) is 0 Å². The number of hydrogen-bond donors (Lipinski definition) is 2. The second kappa shape index (κ2) is 14.7. The summed E-state index contributed by atoms with van der Waals surface area (Å²) in [7, 11) is 0. The maximum atomic E-state index is 13.3. The Morgan fingerprint density at radius 3 is 2.32 bits per heavy atom. The van der Waals surface area contributed by atoms with Gasteiger partial charge in [-0.2, -0.15) is 5.10 Å². The molecule has 3 rings (SSSR count). The quantitative estimate of drug-likeness (QED) is 0.354. The monoisotopic (exact) mass is 573 g/mol. The summed E-state index contributed by atoms with van der Waals surface area (Å²) in [5.41, 5.74) is 1.38. The predicted octanol–water partition coefficient (Wildman–Crippen LogP) is 1.39. The molecule has 2 aromatic rings. The normalized spacial score (nSPS) is 13.7. The molecule has 2 heterocycles. The van der Waals surface area contributed by atoms with Gasteiger partial charge in [0.15, 0.2) is 12.3 Å². The Labute approximate surface area is 237 Å². The Morgan fingerprint density at radius 1 is 1.00 bits per heavy atom. The van der Waals surface area contributed by atoms with Gasteiger partial charge in [0.1, 0.15) is 6.04 Å². The third-order valence-electron chi connectivity index (χ3n) is 6.17. The maximum Gasteiger partial charge on any atom is 0.409 e. The van der Waals surface area contributed by atoms with Crippen molar-refractivity contribution in [2.75, 3.05) is 46.0 Å². The number of carboxylic acids is 1. The van der Waals surface area contributed by atoms with Crippen molar-refractivity contribution in [2.24, 2.45) is 0 Å². The van der Waals surface area contributed by atoms with Crippen LogP contribution in [-0.4, -0.2) is 107 Å². The van der Waals surface area contributed by atoms with Crippen LogP contribution in [0.25, 0.3) is 5.69 Å². The summed E-state index contributed by atoms with van der Waals surface area (Å²) >= 11 is 0. The highest BCUT2D eigenvalue weighted by atomic mass is 16.6. The molecule has 2 N–H and O–H groups in total. The number of piperazine rings is 1. The van der Waals surface area contributed by atoms with Gasteiger partial charge in [-0.25, -0.2) is 14.3 Å². The molecule has 1 aliphatic rings. The fourth-order valence-electron chi connectivity index (χ4n) is 4.16. The van der Waals surface area contributed by atoms with E-state index in [2.05, 4.69) is 10.4 Å². The number of carbonyl (C=O) groups is 5. The number of nitrogens with zero attached hydrogens (tertiary/aromatic N) is 4. The first-order valence-electron chi connectivity index (χ1n) is 13.3. The zero-order valence-electron chi connectivity index (χ0n) is 23.3. The van der Waals surface area contributed by atoms with E-state index in [1.54, 1.807) is 32.0 Å². The molecular formula is C27H35N5O9. The lowest BCUT2D eigenvalue weighted by Gasteiger charge is -2.35. The zero-order chi connectivity index (χ0) is 29.9. The molecular weight excluding hydrogens is 538 g/mol. The van der Waals surface area contributed by atoms with Crippen LogP contribution in [-0.2, 0) is 23.9 Å². The Hall–Kier alpha value is -4.62. The summed E-state index contributed by atoms with van der Waals surface area (Å²) in [6.07, 6.45) is -0.978. The van der Waals surface area contributed by atoms with Gasteiger partial charge >= 0.3 is 18.0 Å². The predicted molar refractivity (Wildman–Crippen MR) is 144 cm³/mol. The maximum absolute atomic E-state index is 13.3. The molecule has 14 nitrogen and oxygen atoms in total. The lowest BCUT2D eigenvalue weighted by Crippen LogP contribution is -2.56. The largest absolute Gasteiger partial charge is 0.481 e. The van der Waals surface area contributed by atoms with Crippen LogP contribution in [0.15, 0.2) is 30.3 Å². The van der Waals surface area contributed by atoms with Crippen LogP contribution in [0.5, 0.6) is 5.88 Å². The summed E-state index contributed by atoms with van der Waals surface area (Å²) < 4.78 is 16.9. The molecule has 0 radical (unpaired) electrons. The van der Waals surface area contributed by atoms with E-state index in [-0.39, 0.29) is 63.8 Å². The Kier molecular flexibility index (Phi) is 11.1. The van der Waals surface area contributed by atoms with Crippen molar-refractivity contribution in [2.45, 2.75) is 39.7 Å². The first-order chi connectivity index (χ1) is 19.6. The molecule has 3 amide bonds. The van der Waals surface area contributed by atoms with Gasteiger partial charge < -0.3 is 34.4 Å². The fraction of sp³-hybridized carbons (Fsp3) is 0.481. The van der Waals surface area contributed by atoms with Crippen molar-refractivity contribution < 1.29 is 43.3 Å². The minimum absolute atomic E-state index is 0.0947. The van der Waals surface area contributed by atoms with Gasteiger partial charge in [-0.15, -0.1) is 0 Å². The number of aryl methyl sites for hydroxylation is 1. The van der Waals surface area contributed by atoms with Crippen molar-refractivity contribution in [3.8, 4) is 11.6 Å². The standard InChI is InChI=1S/C27H35N5O9/c1-4-39-24(35)17-41-22-16-21(29-32(22)19-8-6-7-18(3)15-19)25(36)28-20(9-10-23(33)34)26(37)30-11-13-31(14-12-30)27(38)40-5-2/h6-8,15-16,20H,4-5,9-14,17H2,1-3H3,(H,28,36)(H,33,34)/t20-/m0/s1. The van der Waals surface area contributed by atoms with Crippen LogP contribution in [0.3, 0.4) is 0 Å². The molecule has 1 aromatic carbocycles. The average molecular weight is 574 g/mol. The number of carboxylic acid groups (broad SMARTS) is 1. The van der Waals surface area contributed by atoms with Gasteiger partial charge in [0.2, 0.25) is 11.8 Å². The van der Waals surface area contributed by atoms with Gasteiger partial charge in [0.25, 0.3) is 5.91 Å². The van der Waals surface area contributed by atoms with E-state index < -0.39 is 42.5 Å². The number of aliphatic carboxylic acids is 1. The molecule has 14 heteroatoms.